The molecule has 1 aliphatic heterocycles. The molecule has 0 aromatic carbocycles. The number of alkyl halides is 2. The molecule has 1 rings (SSSR count). The zero-order valence-electron chi connectivity index (χ0n) is 7.64. The summed E-state index contributed by atoms with van der Waals surface area (Å²) < 4.78 is 8.82. The first-order valence-corrected chi connectivity index (χ1v) is 8.89. The first-order chi connectivity index (χ1) is 5.76. The molecule has 2 N–H and O–H groups in total. The standard InChI is InChI=1S/C9H16INO/c1-10-6-8(3-4-11)5-9(7-10)12-2/h5,7H,3-4,6,11H2,1-2H3. The molecule has 0 unspecified atom stereocenters. The van der Waals surface area contributed by atoms with Crippen molar-refractivity contribution < 1.29 is 4.74 Å². The van der Waals surface area contributed by atoms with Crippen LogP contribution in [0.25, 0.3) is 0 Å². The number of hydrogen-bond acceptors (Lipinski definition) is 2. The van der Waals surface area contributed by atoms with Crippen molar-refractivity contribution in [2.75, 3.05) is 23.0 Å². The molecule has 0 aromatic rings. The van der Waals surface area contributed by atoms with Gasteiger partial charge in [-0.25, -0.2) is 0 Å². The fourth-order valence-electron chi connectivity index (χ4n) is 1.19. The van der Waals surface area contributed by atoms with Crippen molar-refractivity contribution in [2.45, 2.75) is 6.42 Å². The molecule has 0 radical (unpaired) electrons. The van der Waals surface area contributed by atoms with E-state index in [-0.39, 0.29) is 0 Å². The molecule has 12 heavy (non-hydrogen) atoms. The van der Waals surface area contributed by atoms with E-state index in [4.69, 9.17) is 10.5 Å². The fourth-order valence-corrected chi connectivity index (χ4v) is 5.04. The second kappa shape index (κ2) is 4.87. The van der Waals surface area contributed by atoms with E-state index in [1.165, 1.54) is 10.0 Å². The molecule has 0 saturated carbocycles. The Hall–Kier alpha value is -0.0300. The third kappa shape index (κ3) is 2.79. The quantitative estimate of drug-likeness (QED) is 0.633. The van der Waals surface area contributed by atoms with E-state index in [0.717, 1.165) is 18.7 Å². The second-order valence-corrected chi connectivity index (χ2v) is 7.87. The molecule has 0 bridgehead atoms. The molecule has 0 atom stereocenters. The van der Waals surface area contributed by atoms with Crippen LogP contribution in [0.1, 0.15) is 6.42 Å². The Bertz CT molecular complexity index is 211. The fraction of sp³-hybridized carbons (Fsp3) is 0.556. The summed E-state index contributed by atoms with van der Waals surface area (Å²) in [6.07, 6.45) is 3.17. The first-order valence-electron chi connectivity index (χ1n) is 3.96. The maximum atomic E-state index is 5.51. The van der Waals surface area contributed by atoms with Crippen LogP contribution in [0.3, 0.4) is 0 Å². The van der Waals surface area contributed by atoms with Gasteiger partial charge in [-0.05, 0) is 0 Å². The third-order valence-electron chi connectivity index (χ3n) is 1.72. The summed E-state index contributed by atoms with van der Waals surface area (Å²) >= 11 is -0.832. The zero-order valence-corrected chi connectivity index (χ0v) is 9.80. The summed E-state index contributed by atoms with van der Waals surface area (Å²) in [4.78, 5) is 2.35. The van der Waals surface area contributed by atoms with E-state index in [0.29, 0.717) is 0 Å². The van der Waals surface area contributed by atoms with E-state index in [2.05, 4.69) is 15.1 Å². The Labute approximate surface area is 81.2 Å². The number of halogens is 1. The van der Waals surface area contributed by atoms with Gasteiger partial charge in [-0.3, -0.25) is 0 Å². The van der Waals surface area contributed by atoms with Crippen LogP contribution in [0.2, 0.25) is 0 Å². The molecule has 0 saturated heterocycles. The van der Waals surface area contributed by atoms with Crippen LogP contribution in [-0.4, -0.2) is 23.0 Å². The van der Waals surface area contributed by atoms with Gasteiger partial charge < -0.3 is 0 Å². The van der Waals surface area contributed by atoms with Crippen LogP contribution in [0.15, 0.2) is 21.5 Å². The molecule has 1 heterocycles. The minimum absolute atomic E-state index is 0.757. The summed E-state index contributed by atoms with van der Waals surface area (Å²) in [6, 6.07) is 0. The monoisotopic (exact) mass is 281 g/mol. The van der Waals surface area contributed by atoms with Gasteiger partial charge >= 0.3 is 81.2 Å². The Morgan fingerprint density at radius 3 is 3.00 bits per heavy atom. The van der Waals surface area contributed by atoms with Crippen molar-refractivity contribution in [3.8, 4) is 0 Å². The van der Waals surface area contributed by atoms with E-state index < -0.39 is 19.8 Å². The molecule has 0 aromatic heterocycles. The van der Waals surface area contributed by atoms with Crippen molar-refractivity contribution >= 4 is 19.8 Å². The van der Waals surface area contributed by atoms with Crippen molar-refractivity contribution in [1.82, 2.24) is 0 Å². The van der Waals surface area contributed by atoms with Gasteiger partial charge in [0.2, 0.25) is 0 Å². The summed E-state index contributed by atoms with van der Waals surface area (Å²) in [7, 11) is 1.73. The normalized spacial score (nSPS) is 20.1. The number of methoxy groups -OCH3 is 1. The zero-order chi connectivity index (χ0) is 8.97. The van der Waals surface area contributed by atoms with Gasteiger partial charge in [0.25, 0.3) is 0 Å². The van der Waals surface area contributed by atoms with Crippen molar-refractivity contribution in [2.24, 2.45) is 5.73 Å². The molecule has 3 heteroatoms. The number of ether oxygens (including phenoxy) is 1. The first kappa shape index (κ1) is 10.1. The van der Waals surface area contributed by atoms with Gasteiger partial charge in [0.1, 0.15) is 0 Å². The molecule has 0 fully saturated rings. The topological polar surface area (TPSA) is 35.2 Å². The molecule has 0 spiro atoms. The van der Waals surface area contributed by atoms with Gasteiger partial charge in [0.15, 0.2) is 0 Å². The predicted molar refractivity (Wildman–Crippen MR) is 61.7 cm³/mol. The Kier molecular flexibility index (Phi) is 4.08. The van der Waals surface area contributed by atoms with Gasteiger partial charge in [-0.1, -0.05) is 0 Å². The van der Waals surface area contributed by atoms with Gasteiger partial charge in [-0.2, -0.15) is 0 Å². The molecule has 2 nitrogen and oxygen atoms in total. The minimum atomic E-state index is -0.832. The number of nitrogens with two attached hydrogens (primary N) is 1. The van der Waals surface area contributed by atoms with Crippen LogP contribution in [0.5, 0.6) is 0 Å². The number of rotatable bonds is 3. The Balaban J connectivity index is 2.64. The average molecular weight is 281 g/mol. The Morgan fingerprint density at radius 1 is 1.67 bits per heavy atom. The Morgan fingerprint density at radius 2 is 2.42 bits per heavy atom. The molecular weight excluding hydrogens is 265 g/mol. The van der Waals surface area contributed by atoms with E-state index in [1.54, 1.807) is 7.11 Å². The molecule has 70 valence electrons. The van der Waals surface area contributed by atoms with Gasteiger partial charge in [-0.15, -0.1) is 0 Å². The predicted octanol–water partition coefficient (Wildman–Crippen LogP) is 1.90. The summed E-state index contributed by atoms with van der Waals surface area (Å²) in [5.41, 5.74) is 6.98. The van der Waals surface area contributed by atoms with E-state index in [9.17, 15) is 0 Å². The SMILES string of the molecule is COC1=CI(C)CC(CCN)=C1. The van der Waals surface area contributed by atoms with Crippen molar-refractivity contribution in [3.05, 3.63) is 21.5 Å². The van der Waals surface area contributed by atoms with Crippen LogP contribution in [0.4, 0.5) is 0 Å². The molecule has 0 amide bonds. The van der Waals surface area contributed by atoms with Crippen LogP contribution < -0.4 is 5.73 Å². The number of hydrogen-bond donors (Lipinski definition) is 1. The van der Waals surface area contributed by atoms with Gasteiger partial charge in [0.05, 0.1) is 0 Å². The summed E-state index contributed by atoms with van der Waals surface area (Å²) in [5.74, 6) is 1.05. The van der Waals surface area contributed by atoms with Crippen LogP contribution in [-0.2, 0) is 4.74 Å². The van der Waals surface area contributed by atoms with Crippen LogP contribution in [0, 0.1) is 0 Å². The van der Waals surface area contributed by atoms with E-state index in [1.807, 2.05) is 0 Å². The van der Waals surface area contributed by atoms with E-state index >= 15 is 0 Å². The van der Waals surface area contributed by atoms with Crippen molar-refractivity contribution in [3.63, 3.8) is 0 Å². The van der Waals surface area contributed by atoms with Gasteiger partial charge in [0, 0.05) is 0 Å². The average Bonchev–Trinajstić information content (AvgIpc) is 2.04. The third-order valence-corrected chi connectivity index (χ3v) is 5.58. The maximum absolute atomic E-state index is 5.51. The number of allylic oxidation sites excluding steroid dienone is 1. The van der Waals surface area contributed by atoms with Crippen molar-refractivity contribution in [1.29, 1.82) is 0 Å². The van der Waals surface area contributed by atoms with Crippen LogP contribution >= 0.6 is 19.8 Å². The molecular formula is C9H16INO. The second-order valence-electron chi connectivity index (χ2n) is 2.83. The molecule has 1 aliphatic rings. The summed E-state index contributed by atoms with van der Waals surface area (Å²) in [6.45, 7) is 0.757. The molecule has 0 aliphatic carbocycles. The summed E-state index contributed by atoms with van der Waals surface area (Å²) in [5, 5.41) is 0.